The zero-order chi connectivity index (χ0) is 14.5. The lowest BCUT2D eigenvalue weighted by molar-refractivity contribution is -0.146. The number of nitrogens with zero attached hydrogens (tertiary/aromatic N) is 2. The van der Waals surface area contributed by atoms with Gasteiger partial charge in [0.05, 0.1) is 13.1 Å². The van der Waals surface area contributed by atoms with E-state index in [1.165, 1.54) is 0 Å². The van der Waals surface area contributed by atoms with Crippen LogP contribution in [0.3, 0.4) is 0 Å². The number of carbonyl (C=O) groups excluding carboxylic acids is 1. The van der Waals surface area contributed by atoms with Gasteiger partial charge in [0.2, 0.25) is 5.91 Å². The molecule has 1 aliphatic rings. The van der Waals surface area contributed by atoms with Gasteiger partial charge in [0.15, 0.2) is 0 Å². The largest absolute Gasteiger partial charge is 0.480 e. The first-order valence-electron chi connectivity index (χ1n) is 6.81. The molecule has 0 aromatic carbocycles. The highest BCUT2D eigenvalue weighted by atomic mass is 32.1. The van der Waals surface area contributed by atoms with Crippen LogP contribution in [0.2, 0.25) is 0 Å². The van der Waals surface area contributed by atoms with Crippen LogP contribution in [0.4, 0.5) is 0 Å². The van der Waals surface area contributed by atoms with Gasteiger partial charge in [-0.1, -0.05) is 12.5 Å². The Morgan fingerprint density at radius 3 is 2.95 bits per heavy atom. The van der Waals surface area contributed by atoms with Crippen molar-refractivity contribution in [3.63, 3.8) is 0 Å². The molecule has 1 aliphatic heterocycles. The molecule has 1 N–H and O–H groups in total. The fourth-order valence-electron chi connectivity index (χ4n) is 2.48. The third-order valence-electron chi connectivity index (χ3n) is 3.64. The molecular weight excluding hydrogens is 276 g/mol. The lowest BCUT2D eigenvalue weighted by Gasteiger charge is -2.33. The molecule has 0 bridgehead atoms. The Bertz CT molecular complexity index is 461. The quantitative estimate of drug-likeness (QED) is 0.897. The number of piperidine rings is 1. The number of amides is 1. The van der Waals surface area contributed by atoms with Crippen LogP contribution < -0.4 is 0 Å². The summed E-state index contributed by atoms with van der Waals surface area (Å²) in [5.74, 6) is -0.843. The van der Waals surface area contributed by atoms with Crippen molar-refractivity contribution in [2.45, 2.75) is 31.8 Å². The van der Waals surface area contributed by atoms with Gasteiger partial charge >= 0.3 is 5.97 Å². The highest BCUT2D eigenvalue weighted by Gasteiger charge is 2.30. The van der Waals surface area contributed by atoms with Crippen molar-refractivity contribution in [1.29, 1.82) is 0 Å². The maximum Gasteiger partial charge on any atom is 0.320 e. The minimum Gasteiger partial charge on any atom is -0.480 e. The zero-order valence-electron chi connectivity index (χ0n) is 11.6. The maximum absolute atomic E-state index is 12.2. The monoisotopic (exact) mass is 296 g/mol. The molecule has 110 valence electrons. The van der Waals surface area contributed by atoms with Crippen molar-refractivity contribution in [2.75, 3.05) is 20.1 Å². The molecule has 0 aliphatic carbocycles. The van der Waals surface area contributed by atoms with E-state index in [9.17, 15) is 14.7 Å². The summed E-state index contributed by atoms with van der Waals surface area (Å²) in [6.07, 6.45) is 2.52. The summed E-state index contributed by atoms with van der Waals surface area (Å²) in [5.41, 5.74) is 0. The van der Waals surface area contributed by atoms with Gasteiger partial charge in [0, 0.05) is 11.9 Å². The van der Waals surface area contributed by atoms with Crippen molar-refractivity contribution >= 4 is 23.2 Å². The van der Waals surface area contributed by atoms with Gasteiger partial charge in [-0.25, -0.2) is 0 Å². The number of carboxylic acid groups (broad SMARTS) is 1. The van der Waals surface area contributed by atoms with E-state index >= 15 is 0 Å². The third kappa shape index (κ3) is 3.80. The van der Waals surface area contributed by atoms with Crippen molar-refractivity contribution in [3.8, 4) is 0 Å². The smallest absolute Gasteiger partial charge is 0.320 e. The van der Waals surface area contributed by atoms with Crippen LogP contribution >= 0.6 is 11.3 Å². The molecule has 2 rings (SSSR count). The molecule has 2 heterocycles. The van der Waals surface area contributed by atoms with Gasteiger partial charge in [0.25, 0.3) is 0 Å². The lowest BCUT2D eigenvalue weighted by atomic mass is 10.0. The van der Waals surface area contributed by atoms with Crippen LogP contribution in [0.25, 0.3) is 0 Å². The van der Waals surface area contributed by atoms with Crippen LogP contribution in [-0.2, 0) is 16.1 Å². The van der Waals surface area contributed by atoms with E-state index in [1.807, 2.05) is 17.5 Å². The Morgan fingerprint density at radius 2 is 2.30 bits per heavy atom. The first-order valence-corrected chi connectivity index (χ1v) is 7.69. The van der Waals surface area contributed by atoms with E-state index in [0.29, 0.717) is 19.5 Å². The number of likely N-dealkylation sites (N-methyl/N-ethyl adjacent to an activating group) is 1. The predicted octanol–water partition coefficient (Wildman–Crippen LogP) is 1.65. The minimum atomic E-state index is -0.821. The maximum atomic E-state index is 12.2. The van der Waals surface area contributed by atoms with Gasteiger partial charge in [0.1, 0.15) is 6.04 Å². The number of carboxylic acids is 1. The Hall–Kier alpha value is -1.40. The molecule has 1 fully saturated rings. The van der Waals surface area contributed by atoms with Crippen molar-refractivity contribution in [3.05, 3.63) is 22.4 Å². The predicted molar refractivity (Wildman–Crippen MR) is 77.6 cm³/mol. The number of likely N-dealkylation sites (tertiary alicyclic amines) is 1. The molecule has 1 unspecified atom stereocenters. The molecule has 6 heteroatoms. The number of hydrogen-bond acceptors (Lipinski definition) is 4. The molecule has 1 amide bonds. The molecule has 1 aromatic rings. The van der Waals surface area contributed by atoms with Gasteiger partial charge in [-0.05, 0) is 30.8 Å². The number of rotatable bonds is 5. The average molecular weight is 296 g/mol. The summed E-state index contributed by atoms with van der Waals surface area (Å²) in [6.45, 7) is 1.47. The van der Waals surface area contributed by atoms with Crippen molar-refractivity contribution < 1.29 is 14.7 Å². The topological polar surface area (TPSA) is 60.9 Å². The van der Waals surface area contributed by atoms with Gasteiger partial charge in [-0.3, -0.25) is 14.5 Å². The average Bonchev–Trinajstić information content (AvgIpc) is 2.91. The standard InChI is InChI=1S/C14H20N2O3S/c1-15(9-11-5-4-8-20-11)13(17)10-16-7-3-2-6-12(16)14(18)19/h4-5,8,12H,2-3,6-7,9-10H2,1H3,(H,18,19). The number of thiophene rings is 1. The number of carbonyl (C=O) groups is 2. The summed E-state index contributed by atoms with van der Waals surface area (Å²) >= 11 is 1.62. The minimum absolute atomic E-state index is 0.0217. The van der Waals surface area contributed by atoms with Crippen LogP contribution in [0.5, 0.6) is 0 Å². The SMILES string of the molecule is CN(Cc1cccs1)C(=O)CN1CCCCC1C(=O)O. The number of aliphatic carboxylic acids is 1. The fraction of sp³-hybridized carbons (Fsp3) is 0.571. The van der Waals surface area contributed by atoms with E-state index < -0.39 is 12.0 Å². The Balaban J connectivity index is 1.90. The van der Waals surface area contributed by atoms with Crippen molar-refractivity contribution in [2.24, 2.45) is 0 Å². The molecule has 0 radical (unpaired) electrons. The first-order chi connectivity index (χ1) is 9.58. The highest BCUT2D eigenvalue weighted by Crippen LogP contribution is 2.17. The van der Waals surface area contributed by atoms with E-state index in [2.05, 4.69) is 0 Å². The van der Waals surface area contributed by atoms with Crippen LogP contribution in [0.1, 0.15) is 24.1 Å². The summed E-state index contributed by atoms with van der Waals surface area (Å²) in [6, 6.07) is 3.45. The number of hydrogen-bond donors (Lipinski definition) is 1. The molecule has 0 spiro atoms. The van der Waals surface area contributed by atoms with Crippen LogP contribution in [0, 0.1) is 0 Å². The normalized spacial score (nSPS) is 19.8. The van der Waals surface area contributed by atoms with Gasteiger partial charge in [-0.2, -0.15) is 0 Å². The summed E-state index contributed by atoms with van der Waals surface area (Å²) in [4.78, 5) is 28.0. The van der Waals surface area contributed by atoms with E-state index in [-0.39, 0.29) is 12.5 Å². The molecule has 20 heavy (non-hydrogen) atoms. The van der Waals surface area contributed by atoms with Crippen LogP contribution in [0.15, 0.2) is 17.5 Å². The second-order valence-corrected chi connectivity index (χ2v) is 6.18. The summed E-state index contributed by atoms with van der Waals surface area (Å²) in [7, 11) is 1.77. The summed E-state index contributed by atoms with van der Waals surface area (Å²) in [5, 5.41) is 11.2. The zero-order valence-corrected chi connectivity index (χ0v) is 12.4. The van der Waals surface area contributed by atoms with E-state index in [4.69, 9.17) is 0 Å². The molecule has 1 atom stereocenters. The van der Waals surface area contributed by atoms with Gasteiger partial charge < -0.3 is 10.0 Å². The fourth-order valence-corrected chi connectivity index (χ4v) is 3.24. The molecule has 0 saturated carbocycles. The molecule has 1 aromatic heterocycles. The van der Waals surface area contributed by atoms with E-state index in [0.717, 1.165) is 17.7 Å². The lowest BCUT2D eigenvalue weighted by Crippen LogP contribution is -2.49. The Morgan fingerprint density at radius 1 is 1.50 bits per heavy atom. The Kier molecular flexibility index (Phi) is 5.14. The molecule has 1 saturated heterocycles. The van der Waals surface area contributed by atoms with Crippen LogP contribution in [-0.4, -0.2) is 53.0 Å². The summed E-state index contributed by atoms with van der Waals surface area (Å²) < 4.78 is 0. The third-order valence-corrected chi connectivity index (χ3v) is 4.50. The molecule has 5 nitrogen and oxygen atoms in total. The van der Waals surface area contributed by atoms with E-state index in [1.54, 1.807) is 28.2 Å². The molecular formula is C14H20N2O3S. The van der Waals surface area contributed by atoms with Gasteiger partial charge in [-0.15, -0.1) is 11.3 Å². The second kappa shape index (κ2) is 6.85. The highest BCUT2D eigenvalue weighted by molar-refractivity contribution is 7.09. The second-order valence-electron chi connectivity index (χ2n) is 5.15. The Labute approximate surface area is 122 Å². The van der Waals surface area contributed by atoms with Crippen molar-refractivity contribution in [1.82, 2.24) is 9.80 Å². The first kappa shape index (κ1) is 15.0.